The van der Waals surface area contributed by atoms with E-state index >= 15 is 0 Å². The fourth-order valence-electron chi connectivity index (χ4n) is 3.21. The van der Waals surface area contributed by atoms with E-state index in [9.17, 15) is 19.2 Å². The molecule has 0 aromatic carbocycles. The lowest BCUT2D eigenvalue weighted by molar-refractivity contribution is -0.159. The first-order valence-electron chi connectivity index (χ1n) is 8.71. The molecule has 1 aromatic rings. The highest BCUT2D eigenvalue weighted by molar-refractivity contribution is 7.08. The van der Waals surface area contributed by atoms with Crippen LogP contribution in [0.4, 0.5) is 0 Å². The average Bonchev–Trinajstić information content (AvgIpc) is 3.15. The second kappa shape index (κ2) is 8.83. The summed E-state index contributed by atoms with van der Waals surface area (Å²) in [5.41, 5.74) is 7.50. The fraction of sp³-hybridized carbons (Fsp3) is 0.500. The summed E-state index contributed by atoms with van der Waals surface area (Å²) in [6.45, 7) is 3.37. The Balaban J connectivity index is 2.30. The van der Waals surface area contributed by atoms with Crippen LogP contribution in [-0.2, 0) is 30.3 Å². The summed E-state index contributed by atoms with van der Waals surface area (Å²) in [6.07, 6.45) is 0.720. The number of imide groups is 1. The average molecular weight is 391 g/mol. The normalized spacial score (nSPS) is 19.3. The third kappa shape index (κ3) is 4.04. The van der Waals surface area contributed by atoms with Crippen molar-refractivity contribution < 1.29 is 28.7 Å². The Bertz CT molecular complexity index is 798. The molecular weight excluding hydrogens is 370 g/mol. The lowest BCUT2D eigenvalue weighted by Gasteiger charge is -2.38. The Labute approximate surface area is 160 Å². The van der Waals surface area contributed by atoms with Gasteiger partial charge in [-0.05, 0) is 48.6 Å². The number of nitrogens with zero attached hydrogens (tertiary/aromatic N) is 3. The quantitative estimate of drug-likeness (QED) is 0.230. The Kier molecular flexibility index (Phi) is 6.76. The number of ether oxygens (including phenoxy) is 1. The molecule has 8 nitrogen and oxygen atoms in total. The van der Waals surface area contributed by atoms with E-state index in [0.717, 1.165) is 10.5 Å². The summed E-state index contributed by atoms with van der Waals surface area (Å²) >= 11 is 1.45. The maximum atomic E-state index is 13.1. The molecule has 0 bridgehead atoms. The van der Waals surface area contributed by atoms with Gasteiger partial charge in [0.15, 0.2) is 0 Å². The number of amides is 2. The Morgan fingerprint density at radius 2 is 2.11 bits per heavy atom. The molecule has 0 spiro atoms. The molecule has 2 heterocycles. The third-order valence-electron chi connectivity index (χ3n) is 4.70. The minimum atomic E-state index is -1.61. The molecule has 144 valence electrons. The van der Waals surface area contributed by atoms with E-state index in [2.05, 4.69) is 4.79 Å². The Hall–Kier alpha value is -2.64. The predicted octanol–water partition coefficient (Wildman–Crippen LogP) is 1.64. The molecule has 1 aromatic heterocycles. The first-order valence-corrected chi connectivity index (χ1v) is 9.65. The predicted molar refractivity (Wildman–Crippen MR) is 97.0 cm³/mol. The second-order valence-electron chi connectivity index (χ2n) is 6.20. The summed E-state index contributed by atoms with van der Waals surface area (Å²) in [7, 11) is 0. The summed E-state index contributed by atoms with van der Waals surface area (Å²) in [6, 6.07) is 1.80. The number of rotatable bonds is 7. The SMILES string of the molecule is CCOC(=O)C(=[N+]=[N-])C(=O)C1(CC)CCCN(C(=O)Cc2ccsc2)C1=O. The molecular formula is C18H21N3O5S. The zero-order valence-electron chi connectivity index (χ0n) is 15.3. The fourth-order valence-corrected chi connectivity index (χ4v) is 3.88. The van der Waals surface area contributed by atoms with Crippen molar-refractivity contribution in [1.29, 1.82) is 0 Å². The van der Waals surface area contributed by atoms with Gasteiger partial charge < -0.3 is 10.3 Å². The number of thiophene rings is 1. The van der Waals surface area contributed by atoms with Crippen LogP contribution < -0.4 is 0 Å². The first-order chi connectivity index (χ1) is 12.9. The van der Waals surface area contributed by atoms with Crippen molar-refractivity contribution in [3.63, 3.8) is 0 Å². The van der Waals surface area contributed by atoms with Gasteiger partial charge in [0.05, 0.1) is 13.0 Å². The molecule has 0 N–H and O–H groups in total. The van der Waals surface area contributed by atoms with Gasteiger partial charge in [-0.25, -0.2) is 4.79 Å². The van der Waals surface area contributed by atoms with Gasteiger partial charge in [-0.3, -0.25) is 19.3 Å². The van der Waals surface area contributed by atoms with Crippen molar-refractivity contribution in [2.75, 3.05) is 13.2 Å². The number of piperidine rings is 1. The van der Waals surface area contributed by atoms with Gasteiger partial charge >= 0.3 is 11.7 Å². The van der Waals surface area contributed by atoms with Crippen LogP contribution >= 0.6 is 11.3 Å². The standard InChI is InChI=1S/C18H21N3O5S/c1-3-18(15(23)14(20-19)16(24)26-4-2)7-5-8-21(17(18)25)13(22)10-12-6-9-27-11-12/h6,9,11H,3-5,7-8,10H2,1-2H3. The monoisotopic (exact) mass is 391 g/mol. The molecule has 1 fully saturated rings. The number of ketones is 1. The molecule has 9 heteroatoms. The highest BCUT2D eigenvalue weighted by Crippen LogP contribution is 2.36. The summed E-state index contributed by atoms with van der Waals surface area (Å²) in [5.74, 6) is -3.06. The molecule has 1 atom stereocenters. The van der Waals surface area contributed by atoms with Crippen molar-refractivity contribution in [3.8, 4) is 0 Å². The Morgan fingerprint density at radius 3 is 2.67 bits per heavy atom. The van der Waals surface area contributed by atoms with Gasteiger partial charge in [-0.1, -0.05) is 6.92 Å². The second-order valence-corrected chi connectivity index (χ2v) is 6.98. The van der Waals surface area contributed by atoms with Crippen LogP contribution in [0.5, 0.6) is 0 Å². The van der Waals surface area contributed by atoms with Crippen LogP contribution in [0.2, 0.25) is 0 Å². The topological polar surface area (TPSA) is 117 Å². The van der Waals surface area contributed by atoms with E-state index in [1.165, 1.54) is 11.3 Å². The van der Waals surface area contributed by atoms with E-state index in [1.807, 2.05) is 10.8 Å². The molecule has 0 saturated carbocycles. The molecule has 1 unspecified atom stereocenters. The van der Waals surface area contributed by atoms with E-state index in [4.69, 9.17) is 10.3 Å². The minimum Gasteiger partial charge on any atom is -0.457 e. The van der Waals surface area contributed by atoms with E-state index in [0.29, 0.717) is 6.42 Å². The summed E-state index contributed by atoms with van der Waals surface area (Å²) < 4.78 is 4.73. The number of hydrogen-bond donors (Lipinski definition) is 0. The van der Waals surface area contributed by atoms with Crippen molar-refractivity contribution >= 4 is 40.6 Å². The molecule has 0 aliphatic carbocycles. The minimum absolute atomic E-state index is 0.0105. The van der Waals surface area contributed by atoms with Gasteiger partial charge in [0.25, 0.3) is 5.78 Å². The maximum absolute atomic E-state index is 13.1. The number of carbonyl (C=O) groups excluding carboxylic acids is 4. The first kappa shape index (κ1) is 20.7. The summed E-state index contributed by atoms with van der Waals surface area (Å²) in [4.78, 5) is 54.4. The summed E-state index contributed by atoms with van der Waals surface area (Å²) in [5, 5.41) is 3.66. The maximum Gasteiger partial charge on any atom is 0.442 e. The van der Waals surface area contributed by atoms with Crippen molar-refractivity contribution in [2.45, 2.75) is 39.5 Å². The zero-order valence-corrected chi connectivity index (χ0v) is 16.1. The lowest BCUT2D eigenvalue weighted by atomic mass is 9.71. The number of esters is 1. The van der Waals surface area contributed by atoms with Gasteiger partial charge in [-0.15, -0.1) is 0 Å². The van der Waals surface area contributed by atoms with E-state index in [1.54, 1.807) is 19.9 Å². The van der Waals surface area contributed by atoms with Crippen LogP contribution in [0, 0.1) is 5.41 Å². The lowest BCUT2D eigenvalue weighted by Crippen LogP contribution is -2.57. The van der Waals surface area contributed by atoms with Crippen LogP contribution in [0.1, 0.15) is 38.7 Å². The van der Waals surface area contributed by atoms with Crippen LogP contribution in [-0.4, -0.2) is 52.1 Å². The Morgan fingerprint density at radius 1 is 1.37 bits per heavy atom. The number of Topliss-reactive ketones (excluding diaryl/α,β-unsaturated/α-hetero) is 1. The molecule has 1 aliphatic rings. The van der Waals surface area contributed by atoms with Crippen LogP contribution in [0.25, 0.3) is 5.53 Å². The van der Waals surface area contributed by atoms with Gasteiger partial charge in [0.1, 0.15) is 5.41 Å². The molecule has 1 aliphatic heterocycles. The highest BCUT2D eigenvalue weighted by atomic mass is 32.1. The molecule has 0 radical (unpaired) electrons. The zero-order chi connectivity index (χ0) is 20.0. The number of likely N-dealkylation sites (tertiary alicyclic amines) is 1. The van der Waals surface area contributed by atoms with Gasteiger partial charge in [0.2, 0.25) is 11.8 Å². The third-order valence-corrected chi connectivity index (χ3v) is 5.43. The number of carbonyl (C=O) groups is 4. The van der Waals surface area contributed by atoms with Crippen LogP contribution in [0.15, 0.2) is 16.8 Å². The van der Waals surface area contributed by atoms with Gasteiger partial charge in [-0.2, -0.15) is 16.1 Å². The smallest absolute Gasteiger partial charge is 0.442 e. The van der Waals surface area contributed by atoms with Crippen molar-refractivity contribution in [2.24, 2.45) is 5.41 Å². The van der Waals surface area contributed by atoms with Gasteiger partial charge in [0, 0.05) is 6.54 Å². The largest absolute Gasteiger partial charge is 0.457 e. The molecule has 27 heavy (non-hydrogen) atoms. The van der Waals surface area contributed by atoms with E-state index in [-0.39, 0.29) is 32.4 Å². The number of hydrogen-bond acceptors (Lipinski definition) is 6. The van der Waals surface area contributed by atoms with Crippen LogP contribution in [0.3, 0.4) is 0 Å². The molecule has 2 rings (SSSR count). The molecule has 2 amide bonds. The van der Waals surface area contributed by atoms with Crippen molar-refractivity contribution in [3.05, 3.63) is 27.9 Å². The van der Waals surface area contributed by atoms with Crippen molar-refractivity contribution in [1.82, 2.24) is 4.90 Å². The van der Waals surface area contributed by atoms with E-state index < -0.39 is 34.7 Å². The highest BCUT2D eigenvalue weighted by Gasteiger charge is 2.55. The molecule has 1 saturated heterocycles.